The van der Waals surface area contributed by atoms with E-state index in [0.717, 1.165) is 45.1 Å². The molecular weight excluding hydrogens is 488 g/mol. The van der Waals surface area contributed by atoms with Crippen LogP contribution in [-0.2, 0) is 19.0 Å². The van der Waals surface area contributed by atoms with Crippen LogP contribution in [0.3, 0.4) is 0 Å². The number of rotatable bonds is 2. The topological polar surface area (TPSA) is 61.8 Å². The predicted octanol–water partition coefficient (Wildman–Crippen LogP) is 6.84. The molecule has 5 heteroatoms. The van der Waals surface area contributed by atoms with E-state index < -0.39 is 5.79 Å². The zero-order chi connectivity index (χ0) is 27.2. The summed E-state index contributed by atoms with van der Waals surface area (Å²) in [5.74, 6) is 2.84. The minimum absolute atomic E-state index is 0.0219. The molecule has 12 atom stereocenters. The molecule has 2 heterocycles. The number of Topliss-reactive ketones (excluding diaryl/α,β-unsaturated/α-hetero) is 1. The van der Waals surface area contributed by atoms with E-state index in [1.165, 1.54) is 12.8 Å². The first kappa shape index (κ1) is 26.2. The lowest BCUT2D eigenvalue weighted by atomic mass is 9.44. The highest BCUT2D eigenvalue weighted by atomic mass is 16.7. The number of hydrogen-bond acceptors (Lipinski definition) is 5. The fraction of sp³-hybridized carbons (Fsp3) is 0.765. The highest BCUT2D eigenvalue weighted by Gasteiger charge is 2.71. The molecule has 0 bridgehead atoms. The number of ether oxygens (including phenoxy) is 3. The maximum atomic E-state index is 14.3. The molecule has 0 N–H and O–H groups in total. The van der Waals surface area contributed by atoms with Gasteiger partial charge in [-0.1, -0.05) is 45.9 Å². The average Bonchev–Trinajstić information content (AvgIpc) is 3.38. The van der Waals surface area contributed by atoms with Crippen molar-refractivity contribution in [3.05, 3.63) is 35.9 Å². The molecule has 39 heavy (non-hydrogen) atoms. The molecule has 4 saturated carbocycles. The molecule has 0 radical (unpaired) electrons. The molecule has 7 rings (SSSR count). The van der Waals surface area contributed by atoms with Crippen LogP contribution >= 0.6 is 0 Å². The number of carbonyl (C=O) groups is 2. The van der Waals surface area contributed by atoms with Crippen LogP contribution < -0.4 is 0 Å². The number of fused-ring (bicyclic) bond motifs is 7. The third-order valence-corrected chi connectivity index (χ3v) is 13.0. The monoisotopic (exact) mass is 534 g/mol. The fourth-order valence-corrected chi connectivity index (χ4v) is 10.8. The van der Waals surface area contributed by atoms with Gasteiger partial charge in [0.1, 0.15) is 11.9 Å². The summed E-state index contributed by atoms with van der Waals surface area (Å²) in [6, 6.07) is 9.35. The van der Waals surface area contributed by atoms with Crippen molar-refractivity contribution >= 4 is 11.8 Å². The normalized spacial score (nSPS) is 50.6. The first-order valence-corrected chi connectivity index (χ1v) is 15.8. The zero-order valence-corrected chi connectivity index (χ0v) is 24.2. The van der Waals surface area contributed by atoms with Crippen LogP contribution in [-0.4, -0.2) is 36.4 Å². The van der Waals surface area contributed by atoms with Crippen molar-refractivity contribution in [3.8, 4) is 0 Å². The van der Waals surface area contributed by atoms with Crippen molar-refractivity contribution < 1.29 is 23.8 Å². The van der Waals surface area contributed by atoms with Crippen molar-refractivity contribution in [2.24, 2.45) is 52.3 Å². The van der Waals surface area contributed by atoms with Gasteiger partial charge in [-0.2, -0.15) is 0 Å². The highest BCUT2D eigenvalue weighted by Crippen LogP contribution is 2.70. The third-order valence-electron chi connectivity index (χ3n) is 13.0. The SMILES string of the molecule is CC1CCC2(OC1)OC1CC3C4CCC5CC(OC(=O)c6ccccc6)CCC5(C)C4CC(=O)C3(C)C1C2C. The van der Waals surface area contributed by atoms with Crippen LogP contribution in [0.25, 0.3) is 0 Å². The molecule has 2 aliphatic heterocycles. The van der Waals surface area contributed by atoms with E-state index in [2.05, 4.69) is 27.7 Å². The summed E-state index contributed by atoms with van der Waals surface area (Å²) in [6.45, 7) is 10.1. The minimum Gasteiger partial charge on any atom is -0.459 e. The van der Waals surface area contributed by atoms with E-state index in [9.17, 15) is 9.59 Å². The van der Waals surface area contributed by atoms with Crippen LogP contribution in [0.4, 0.5) is 0 Å². The quantitative estimate of drug-likeness (QED) is 0.389. The molecule has 1 aromatic rings. The molecule has 0 aromatic heterocycles. The summed E-state index contributed by atoms with van der Waals surface area (Å²) >= 11 is 0. The second kappa shape index (κ2) is 9.14. The van der Waals surface area contributed by atoms with Crippen LogP contribution in [0.5, 0.6) is 0 Å². The van der Waals surface area contributed by atoms with E-state index in [4.69, 9.17) is 14.2 Å². The van der Waals surface area contributed by atoms with Crippen molar-refractivity contribution in [2.75, 3.05) is 6.61 Å². The molecule has 4 aliphatic carbocycles. The average molecular weight is 535 g/mol. The molecule has 212 valence electrons. The van der Waals surface area contributed by atoms with Gasteiger partial charge in [-0.25, -0.2) is 4.79 Å². The summed E-state index contributed by atoms with van der Waals surface area (Å²) in [5, 5.41) is 0. The Morgan fingerprint density at radius 2 is 1.77 bits per heavy atom. The Morgan fingerprint density at radius 1 is 0.974 bits per heavy atom. The number of carbonyl (C=O) groups excluding carboxylic acids is 2. The molecule has 12 unspecified atom stereocenters. The Hall–Kier alpha value is -1.72. The number of benzene rings is 1. The Kier molecular flexibility index (Phi) is 6.14. The van der Waals surface area contributed by atoms with Crippen molar-refractivity contribution in [2.45, 2.75) is 103 Å². The van der Waals surface area contributed by atoms with Gasteiger partial charge in [0, 0.05) is 30.1 Å². The second-order valence-electron chi connectivity index (χ2n) is 14.7. The maximum absolute atomic E-state index is 14.3. The predicted molar refractivity (Wildman–Crippen MR) is 148 cm³/mol. The van der Waals surface area contributed by atoms with Crippen molar-refractivity contribution in [3.63, 3.8) is 0 Å². The lowest BCUT2D eigenvalue weighted by molar-refractivity contribution is -0.272. The van der Waals surface area contributed by atoms with Gasteiger partial charge in [-0.15, -0.1) is 0 Å². The summed E-state index contributed by atoms with van der Waals surface area (Å²) in [7, 11) is 0. The van der Waals surface area contributed by atoms with Gasteiger partial charge < -0.3 is 14.2 Å². The van der Waals surface area contributed by atoms with Crippen LogP contribution in [0.1, 0.15) is 95.8 Å². The highest BCUT2D eigenvalue weighted by molar-refractivity contribution is 5.89. The van der Waals surface area contributed by atoms with Crippen molar-refractivity contribution in [1.82, 2.24) is 0 Å². The van der Waals surface area contributed by atoms with Crippen LogP contribution in [0.15, 0.2) is 30.3 Å². The summed E-state index contributed by atoms with van der Waals surface area (Å²) < 4.78 is 19.3. The van der Waals surface area contributed by atoms with Gasteiger partial charge in [0.25, 0.3) is 0 Å². The van der Waals surface area contributed by atoms with E-state index in [1.807, 2.05) is 30.3 Å². The van der Waals surface area contributed by atoms with Crippen LogP contribution in [0, 0.1) is 52.3 Å². The summed E-state index contributed by atoms with van der Waals surface area (Å²) in [4.78, 5) is 27.0. The largest absolute Gasteiger partial charge is 0.459 e. The molecule has 6 fully saturated rings. The lowest BCUT2D eigenvalue weighted by Crippen LogP contribution is -2.58. The van der Waals surface area contributed by atoms with E-state index in [-0.39, 0.29) is 40.8 Å². The molecule has 6 aliphatic rings. The molecule has 1 aromatic carbocycles. The molecule has 5 nitrogen and oxygen atoms in total. The Labute approximate surface area is 233 Å². The standard InChI is InChI=1S/C34H46O5/c1-20-12-15-34(37-19-20)21(2)30-28(39-34)17-27-25-11-10-23-16-24(38-31(36)22-8-6-5-7-9-22)13-14-32(23,3)26(25)18-29(35)33(27,30)4/h5-9,20-21,23-28,30H,10-19H2,1-4H3. The minimum atomic E-state index is -0.480. The second-order valence-corrected chi connectivity index (χ2v) is 14.7. The summed E-state index contributed by atoms with van der Waals surface area (Å²) in [6.07, 6.45) is 9.17. The number of ketones is 1. The zero-order valence-electron chi connectivity index (χ0n) is 24.2. The fourth-order valence-electron chi connectivity index (χ4n) is 10.8. The van der Waals surface area contributed by atoms with Gasteiger partial charge in [0.2, 0.25) is 0 Å². The Balaban J connectivity index is 1.08. The van der Waals surface area contributed by atoms with Gasteiger partial charge in [0.15, 0.2) is 5.79 Å². The van der Waals surface area contributed by atoms with Gasteiger partial charge >= 0.3 is 5.97 Å². The number of hydrogen-bond donors (Lipinski definition) is 0. The van der Waals surface area contributed by atoms with E-state index >= 15 is 0 Å². The third kappa shape index (κ3) is 3.77. The van der Waals surface area contributed by atoms with Gasteiger partial charge in [-0.3, -0.25) is 4.79 Å². The van der Waals surface area contributed by atoms with Crippen LogP contribution in [0.2, 0.25) is 0 Å². The van der Waals surface area contributed by atoms with Gasteiger partial charge in [-0.05, 0) is 92.1 Å². The molecule has 1 spiro atoms. The smallest absolute Gasteiger partial charge is 0.338 e. The lowest BCUT2D eigenvalue weighted by Gasteiger charge is -2.60. The first-order valence-electron chi connectivity index (χ1n) is 15.8. The van der Waals surface area contributed by atoms with Gasteiger partial charge in [0.05, 0.1) is 18.3 Å². The Bertz CT molecular complexity index is 1120. The first-order chi connectivity index (χ1) is 18.7. The maximum Gasteiger partial charge on any atom is 0.338 e. The van der Waals surface area contributed by atoms with Crippen molar-refractivity contribution in [1.29, 1.82) is 0 Å². The number of esters is 1. The Morgan fingerprint density at radius 3 is 2.51 bits per heavy atom. The molecule has 0 amide bonds. The molecular formula is C34H46O5. The van der Waals surface area contributed by atoms with E-state index in [0.29, 0.717) is 47.4 Å². The molecule has 2 saturated heterocycles. The van der Waals surface area contributed by atoms with E-state index in [1.54, 1.807) is 0 Å². The summed E-state index contributed by atoms with van der Waals surface area (Å²) in [5.41, 5.74) is 0.473.